The molecule has 2 N–H and O–H groups in total. The molecule has 0 atom stereocenters. The molecule has 0 aliphatic rings. The second-order valence-corrected chi connectivity index (χ2v) is 7.99. The lowest BCUT2D eigenvalue weighted by Gasteiger charge is -2.15. The molecule has 0 saturated carbocycles. The van der Waals surface area contributed by atoms with Gasteiger partial charge in [0.25, 0.3) is 5.91 Å². The topological polar surface area (TPSA) is 82.3 Å². The Bertz CT molecular complexity index is 812. The van der Waals surface area contributed by atoms with E-state index in [9.17, 15) is 13.2 Å². The third kappa shape index (κ3) is 3.40. The highest BCUT2D eigenvalue weighted by Gasteiger charge is 2.20. The van der Waals surface area contributed by atoms with Gasteiger partial charge in [0.1, 0.15) is 5.69 Å². The van der Waals surface area contributed by atoms with Crippen molar-refractivity contribution in [2.45, 2.75) is 11.8 Å². The maximum atomic E-state index is 12.3. The van der Waals surface area contributed by atoms with Crippen LogP contribution in [0.5, 0.6) is 0 Å². The molecule has 0 saturated heterocycles. The van der Waals surface area contributed by atoms with Crippen LogP contribution in [0.2, 0.25) is 0 Å². The summed E-state index contributed by atoms with van der Waals surface area (Å²) in [5.74, 6) is -0.345. The molecule has 118 valence electrons. The lowest BCUT2D eigenvalue weighted by molar-refractivity contribution is 0.102. The highest BCUT2D eigenvalue weighted by molar-refractivity contribution is 9.10. The first-order chi connectivity index (χ1) is 10.2. The summed E-state index contributed by atoms with van der Waals surface area (Å²) in [6.07, 6.45) is 1.64. The number of H-pyrrole nitrogens is 1. The number of hydrogen-bond donors (Lipinski definition) is 2. The zero-order chi connectivity index (χ0) is 16.5. The monoisotopic (exact) mass is 385 g/mol. The number of sulfonamides is 1. The van der Waals surface area contributed by atoms with Gasteiger partial charge in [0.15, 0.2) is 0 Å². The third-order valence-corrected chi connectivity index (χ3v) is 5.51. The molecule has 2 rings (SSSR count). The van der Waals surface area contributed by atoms with E-state index in [-0.39, 0.29) is 10.8 Å². The average molecular weight is 386 g/mol. The Kier molecular flexibility index (Phi) is 4.74. The van der Waals surface area contributed by atoms with Crippen molar-refractivity contribution in [2.75, 3.05) is 19.4 Å². The van der Waals surface area contributed by atoms with Crippen LogP contribution in [0.1, 0.15) is 16.1 Å². The number of halogens is 1. The van der Waals surface area contributed by atoms with Gasteiger partial charge in [-0.2, -0.15) is 0 Å². The van der Waals surface area contributed by atoms with E-state index in [0.717, 1.165) is 8.78 Å². The minimum atomic E-state index is -3.56. The van der Waals surface area contributed by atoms with Crippen LogP contribution in [0.3, 0.4) is 0 Å². The summed E-state index contributed by atoms with van der Waals surface area (Å²) in [5.41, 5.74) is 1.42. The van der Waals surface area contributed by atoms with Gasteiger partial charge in [0, 0.05) is 30.5 Å². The van der Waals surface area contributed by atoms with E-state index in [0.29, 0.717) is 16.9 Å². The maximum Gasteiger partial charge on any atom is 0.272 e. The van der Waals surface area contributed by atoms with Crippen LogP contribution < -0.4 is 5.32 Å². The normalized spacial score (nSPS) is 11.7. The second kappa shape index (κ2) is 6.23. The molecule has 1 aromatic carbocycles. The van der Waals surface area contributed by atoms with Gasteiger partial charge in [0.05, 0.1) is 4.90 Å². The number of carbonyl (C=O) groups is 1. The molecule has 1 heterocycles. The number of aromatic nitrogens is 1. The van der Waals surface area contributed by atoms with Crippen molar-refractivity contribution in [3.05, 3.63) is 46.2 Å². The van der Waals surface area contributed by atoms with Crippen LogP contribution >= 0.6 is 15.9 Å². The molecule has 0 unspecified atom stereocenters. The highest BCUT2D eigenvalue weighted by Crippen LogP contribution is 2.23. The number of carbonyl (C=O) groups excluding carboxylic acids is 1. The zero-order valence-electron chi connectivity index (χ0n) is 12.3. The summed E-state index contributed by atoms with van der Waals surface area (Å²) in [6.45, 7) is 1.71. The number of aryl methyl sites for hydroxylation is 1. The van der Waals surface area contributed by atoms with Crippen LogP contribution in [0.25, 0.3) is 0 Å². The molecule has 0 bridgehead atoms. The number of aromatic amines is 1. The fourth-order valence-corrected chi connectivity index (χ4v) is 3.34. The minimum Gasteiger partial charge on any atom is -0.356 e. The molecular formula is C14H16BrN3O3S. The lowest BCUT2D eigenvalue weighted by Crippen LogP contribution is -2.23. The smallest absolute Gasteiger partial charge is 0.272 e. The second-order valence-electron chi connectivity index (χ2n) is 4.95. The minimum absolute atomic E-state index is 0.169. The van der Waals surface area contributed by atoms with Crippen molar-refractivity contribution in [1.82, 2.24) is 9.29 Å². The van der Waals surface area contributed by atoms with Crippen LogP contribution in [0.15, 0.2) is 39.8 Å². The number of hydrogen-bond acceptors (Lipinski definition) is 3. The summed E-state index contributed by atoms with van der Waals surface area (Å²) in [6, 6.07) is 6.43. The van der Waals surface area contributed by atoms with Gasteiger partial charge in [-0.05, 0) is 46.6 Å². The van der Waals surface area contributed by atoms with Crippen molar-refractivity contribution >= 4 is 37.5 Å². The van der Waals surface area contributed by atoms with Gasteiger partial charge in [0.2, 0.25) is 10.0 Å². The zero-order valence-corrected chi connectivity index (χ0v) is 14.7. The molecule has 1 amide bonds. The summed E-state index contributed by atoms with van der Waals surface area (Å²) in [7, 11) is -0.622. The Balaban J connectivity index is 2.32. The number of nitrogens with zero attached hydrogens (tertiary/aromatic N) is 1. The van der Waals surface area contributed by atoms with Crippen molar-refractivity contribution < 1.29 is 13.2 Å². The summed E-state index contributed by atoms with van der Waals surface area (Å²) in [5, 5.41) is 2.68. The molecule has 1 aromatic heterocycles. The van der Waals surface area contributed by atoms with Crippen LogP contribution in [-0.4, -0.2) is 37.7 Å². The molecule has 0 aliphatic heterocycles. The van der Waals surface area contributed by atoms with E-state index in [4.69, 9.17) is 0 Å². The number of benzene rings is 1. The highest BCUT2D eigenvalue weighted by atomic mass is 79.9. The average Bonchev–Trinajstić information content (AvgIpc) is 2.87. The molecule has 0 aliphatic carbocycles. The van der Waals surface area contributed by atoms with Gasteiger partial charge in [-0.3, -0.25) is 4.79 Å². The number of nitrogens with one attached hydrogen (secondary N) is 2. The van der Waals surface area contributed by atoms with Crippen LogP contribution in [0.4, 0.5) is 5.69 Å². The Hall–Kier alpha value is -1.64. The first-order valence-electron chi connectivity index (χ1n) is 6.40. The molecule has 0 fully saturated rings. The largest absolute Gasteiger partial charge is 0.356 e. The van der Waals surface area contributed by atoms with Gasteiger partial charge < -0.3 is 10.3 Å². The quantitative estimate of drug-likeness (QED) is 0.848. The fraction of sp³-hybridized carbons (Fsp3) is 0.214. The first-order valence-corrected chi connectivity index (χ1v) is 8.63. The van der Waals surface area contributed by atoms with Gasteiger partial charge in [-0.1, -0.05) is 6.07 Å². The molecular weight excluding hydrogens is 370 g/mol. The summed E-state index contributed by atoms with van der Waals surface area (Å²) >= 11 is 3.25. The Morgan fingerprint density at radius 3 is 2.50 bits per heavy atom. The van der Waals surface area contributed by atoms with Crippen molar-refractivity contribution in [3.63, 3.8) is 0 Å². The Morgan fingerprint density at radius 1 is 1.27 bits per heavy atom. The van der Waals surface area contributed by atoms with E-state index >= 15 is 0 Å². The van der Waals surface area contributed by atoms with E-state index in [1.807, 2.05) is 0 Å². The summed E-state index contributed by atoms with van der Waals surface area (Å²) in [4.78, 5) is 15.1. The summed E-state index contributed by atoms with van der Waals surface area (Å²) < 4.78 is 26.4. The van der Waals surface area contributed by atoms with E-state index < -0.39 is 10.0 Å². The molecule has 6 nitrogen and oxygen atoms in total. The molecule has 2 aromatic rings. The van der Waals surface area contributed by atoms with E-state index in [1.54, 1.807) is 31.3 Å². The third-order valence-electron chi connectivity index (χ3n) is 3.10. The number of amides is 1. The standard InChI is InChI=1S/C14H16BrN3O3S/c1-9-4-5-11(7-13(9)22(20,21)18(2)3)17-14(19)12-6-10(15)8-16-12/h4-8,16H,1-3H3,(H,17,19). The van der Waals surface area contributed by atoms with Crippen molar-refractivity contribution in [1.29, 1.82) is 0 Å². The molecule has 0 spiro atoms. The number of anilines is 1. The fourth-order valence-electron chi connectivity index (χ4n) is 1.85. The Labute approximate surface area is 137 Å². The lowest BCUT2D eigenvalue weighted by atomic mass is 10.2. The van der Waals surface area contributed by atoms with Crippen LogP contribution in [-0.2, 0) is 10.0 Å². The molecule has 0 radical (unpaired) electrons. The molecule has 22 heavy (non-hydrogen) atoms. The van der Waals surface area contributed by atoms with Gasteiger partial charge in [-0.15, -0.1) is 0 Å². The van der Waals surface area contributed by atoms with E-state index in [1.165, 1.54) is 20.2 Å². The number of rotatable bonds is 4. The first kappa shape index (κ1) is 16.7. The van der Waals surface area contributed by atoms with Crippen molar-refractivity contribution in [2.24, 2.45) is 0 Å². The van der Waals surface area contributed by atoms with Crippen LogP contribution in [0, 0.1) is 6.92 Å². The Morgan fingerprint density at radius 2 is 1.95 bits per heavy atom. The predicted octanol–water partition coefficient (Wildman–Crippen LogP) is 2.59. The SMILES string of the molecule is Cc1ccc(NC(=O)c2cc(Br)c[nH]2)cc1S(=O)(=O)N(C)C. The molecule has 8 heteroatoms. The maximum absolute atomic E-state index is 12.3. The van der Waals surface area contributed by atoms with Gasteiger partial charge in [-0.25, -0.2) is 12.7 Å². The predicted molar refractivity (Wildman–Crippen MR) is 88.5 cm³/mol. The van der Waals surface area contributed by atoms with E-state index in [2.05, 4.69) is 26.2 Å². The van der Waals surface area contributed by atoms with Gasteiger partial charge >= 0.3 is 0 Å². The van der Waals surface area contributed by atoms with Crippen molar-refractivity contribution in [3.8, 4) is 0 Å².